The van der Waals surface area contributed by atoms with E-state index in [1.54, 1.807) is 15.9 Å². The molecule has 1 atom stereocenters. The van der Waals surface area contributed by atoms with Gasteiger partial charge in [-0.25, -0.2) is 0 Å². The van der Waals surface area contributed by atoms with Gasteiger partial charge in [-0.2, -0.15) is 0 Å². The Morgan fingerprint density at radius 2 is 2.00 bits per heavy atom. The number of carbonyl (C=O) groups excluding carboxylic acids is 3. The molecule has 22 heavy (non-hydrogen) atoms. The summed E-state index contributed by atoms with van der Waals surface area (Å²) in [6, 6.07) is 7.29. The third-order valence-electron chi connectivity index (χ3n) is 4.55. The predicted molar refractivity (Wildman–Crippen MR) is 81.6 cm³/mol. The molecule has 2 amide bonds. The minimum atomic E-state index is -0.426. The first-order chi connectivity index (χ1) is 10.6. The zero-order valence-electron chi connectivity index (χ0n) is 12.7. The molecule has 0 saturated carbocycles. The van der Waals surface area contributed by atoms with Crippen molar-refractivity contribution in [1.29, 1.82) is 0 Å². The Labute approximate surface area is 129 Å². The Balaban J connectivity index is 1.80. The van der Waals surface area contributed by atoms with Crippen molar-refractivity contribution in [2.45, 2.75) is 25.7 Å². The smallest absolute Gasteiger partial charge is 0.242 e. The Kier molecular flexibility index (Phi) is 3.96. The zero-order valence-corrected chi connectivity index (χ0v) is 12.7. The Bertz CT molecular complexity index is 626. The predicted octanol–water partition coefficient (Wildman–Crippen LogP) is 1.44. The van der Waals surface area contributed by atoms with Crippen molar-refractivity contribution in [1.82, 2.24) is 9.80 Å². The first kappa shape index (κ1) is 14.8. The van der Waals surface area contributed by atoms with Crippen LogP contribution in [0.25, 0.3) is 0 Å². The van der Waals surface area contributed by atoms with Crippen molar-refractivity contribution >= 4 is 17.6 Å². The molecule has 1 aromatic rings. The summed E-state index contributed by atoms with van der Waals surface area (Å²) < 4.78 is 0. The molecule has 0 bridgehead atoms. The van der Waals surface area contributed by atoms with Crippen LogP contribution in [0.1, 0.15) is 41.6 Å². The van der Waals surface area contributed by atoms with Crippen LogP contribution in [0.5, 0.6) is 0 Å². The van der Waals surface area contributed by atoms with Crippen LogP contribution in [0.3, 0.4) is 0 Å². The number of ketones is 1. The van der Waals surface area contributed by atoms with E-state index in [1.165, 1.54) is 0 Å². The maximum Gasteiger partial charge on any atom is 0.242 e. The Morgan fingerprint density at radius 1 is 1.23 bits per heavy atom. The first-order valence-electron chi connectivity index (χ1n) is 7.80. The fraction of sp³-hybridized carbons (Fsp3) is 0.471. The lowest BCUT2D eigenvalue weighted by Gasteiger charge is -2.23. The minimum absolute atomic E-state index is 0.00837. The van der Waals surface area contributed by atoms with Gasteiger partial charge in [-0.1, -0.05) is 24.3 Å². The van der Waals surface area contributed by atoms with Gasteiger partial charge in [0.05, 0.1) is 12.5 Å². The number of hydrogen-bond acceptors (Lipinski definition) is 3. The Morgan fingerprint density at radius 3 is 2.77 bits per heavy atom. The van der Waals surface area contributed by atoms with Gasteiger partial charge in [0.1, 0.15) is 0 Å². The lowest BCUT2D eigenvalue weighted by atomic mass is 10.00. The van der Waals surface area contributed by atoms with E-state index >= 15 is 0 Å². The van der Waals surface area contributed by atoms with E-state index in [-0.39, 0.29) is 30.6 Å². The van der Waals surface area contributed by atoms with Gasteiger partial charge in [0.25, 0.3) is 0 Å². The summed E-state index contributed by atoms with van der Waals surface area (Å²) in [5.41, 5.74) is 1.46. The molecule has 5 nitrogen and oxygen atoms in total. The van der Waals surface area contributed by atoms with Gasteiger partial charge in [-0.15, -0.1) is 0 Å². The summed E-state index contributed by atoms with van der Waals surface area (Å²) in [6.45, 7) is 4.01. The molecule has 5 heteroatoms. The number of Topliss-reactive ketones (excluding diaryl/α,β-unsaturated/α-hetero) is 1. The third-order valence-corrected chi connectivity index (χ3v) is 4.55. The largest absolute Gasteiger partial charge is 0.341 e. The number of benzene rings is 1. The van der Waals surface area contributed by atoms with E-state index in [4.69, 9.17) is 0 Å². The number of likely N-dealkylation sites (N-methyl/N-ethyl adjacent to an activating group) is 1. The van der Waals surface area contributed by atoms with Crippen LogP contribution in [0.15, 0.2) is 24.3 Å². The maximum absolute atomic E-state index is 12.8. The molecule has 2 aliphatic rings. The van der Waals surface area contributed by atoms with Crippen LogP contribution < -0.4 is 0 Å². The molecule has 1 saturated heterocycles. The number of hydrogen-bond donors (Lipinski definition) is 0. The van der Waals surface area contributed by atoms with E-state index in [9.17, 15) is 14.4 Å². The second-order valence-electron chi connectivity index (χ2n) is 5.85. The molecule has 0 aromatic heterocycles. The molecule has 0 spiro atoms. The standard InChI is InChI=1S/C17H20N2O3/c1-2-18-8-5-9-19(11-16(18)21)17(22)14-10-15(20)13-7-4-3-6-12(13)14/h3-4,6-7,14H,2,5,8-11H2,1H3. The summed E-state index contributed by atoms with van der Waals surface area (Å²) in [7, 11) is 0. The van der Waals surface area contributed by atoms with Crippen molar-refractivity contribution in [2.75, 3.05) is 26.2 Å². The molecule has 0 radical (unpaired) electrons. The topological polar surface area (TPSA) is 57.7 Å². The average Bonchev–Trinajstić information content (AvgIpc) is 2.74. The average molecular weight is 300 g/mol. The second kappa shape index (κ2) is 5.91. The number of rotatable bonds is 2. The molecule has 1 fully saturated rings. The van der Waals surface area contributed by atoms with Crippen LogP contribution in [0.4, 0.5) is 0 Å². The van der Waals surface area contributed by atoms with Gasteiger partial charge in [0.15, 0.2) is 5.78 Å². The van der Waals surface area contributed by atoms with Gasteiger partial charge in [-0.3, -0.25) is 14.4 Å². The fourth-order valence-electron chi connectivity index (χ4n) is 3.34. The summed E-state index contributed by atoms with van der Waals surface area (Å²) in [6.07, 6.45) is 1.01. The number of carbonyl (C=O) groups is 3. The van der Waals surface area contributed by atoms with Crippen LogP contribution in [-0.4, -0.2) is 53.6 Å². The number of fused-ring (bicyclic) bond motifs is 1. The maximum atomic E-state index is 12.8. The summed E-state index contributed by atoms with van der Waals surface area (Å²) in [5, 5.41) is 0. The van der Waals surface area contributed by atoms with Gasteiger partial charge < -0.3 is 9.80 Å². The van der Waals surface area contributed by atoms with Gasteiger partial charge in [0, 0.05) is 31.6 Å². The molecule has 116 valence electrons. The van der Waals surface area contributed by atoms with Crippen molar-refractivity contribution in [3.05, 3.63) is 35.4 Å². The van der Waals surface area contributed by atoms with Crippen molar-refractivity contribution in [3.8, 4) is 0 Å². The van der Waals surface area contributed by atoms with E-state index in [1.807, 2.05) is 25.1 Å². The van der Waals surface area contributed by atoms with Crippen LogP contribution in [0.2, 0.25) is 0 Å². The second-order valence-corrected chi connectivity index (χ2v) is 5.85. The number of amides is 2. The Hall–Kier alpha value is -2.17. The van der Waals surface area contributed by atoms with E-state index in [0.717, 1.165) is 12.0 Å². The zero-order chi connectivity index (χ0) is 15.7. The first-order valence-corrected chi connectivity index (χ1v) is 7.80. The highest BCUT2D eigenvalue weighted by Gasteiger charge is 2.37. The van der Waals surface area contributed by atoms with Crippen molar-refractivity contribution in [2.24, 2.45) is 0 Å². The number of nitrogens with zero attached hydrogens (tertiary/aromatic N) is 2. The highest BCUT2D eigenvalue weighted by Crippen LogP contribution is 2.34. The lowest BCUT2D eigenvalue weighted by Crippen LogP contribution is -2.41. The highest BCUT2D eigenvalue weighted by atomic mass is 16.2. The van der Waals surface area contributed by atoms with Crippen LogP contribution in [0, 0.1) is 0 Å². The van der Waals surface area contributed by atoms with Gasteiger partial charge >= 0.3 is 0 Å². The lowest BCUT2D eigenvalue weighted by molar-refractivity contribution is -0.139. The van der Waals surface area contributed by atoms with Crippen LogP contribution in [-0.2, 0) is 9.59 Å². The van der Waals surface area contributed by atoms with Crippen molar-refractivity contribution < 1.29 is 14.4 Å². The van der Waals surface area contributed by atoms with E-state index in [0.29, 0.717) is 25.2 Å². The molecule has 1 aliphatic heterocycles. The molecule has 3 rings (SSSR count). The minimum Gasteiger partial charge on any atom is -0.341 e. The molecule has 1 heterocycles. The van der Waals surface area contributed by atoms with Crippen LogP contribution >= 0.6 is 0 Å². The molecule has 1 aromatic carbocycles. The normalized spacial score (nSPS) is 21.8. The van der Waals surface area contributed by atoms with E-state index in [2.05, 4.69) is 0 Å². The molecular weight excluding hydrogens is 280 g/mol. The van der Waals surface area contributed by atoms with Gasteiger partial charge in [-0.05, 0) is 18.9 Å². The van der Waals surface area contributed by atoms with E-state index < -0.39 is 5.92 Å². The summed E-state index contributed by atoms with van der Waals surface area (Å²) in [5.74, 6) is -0.509. The summed E-state index contributed by atoms with van der Waals surface area (Å²) in [4.78, 5) is 40.4. The molecule has 1 aliphatic carbocycles. The SMILES string of the molecule is CCN1CCCN(C(=O)C2CC(=O)c3ccccc32)CC1=O. The molecular formula is C17H20N2O3. The summed E-state index contributed by atoms with van der Waals surface area (Å²) >= 11 is 0. The molecule has 1 unspecified atom stereocenters. The highest BCUT2D eigenvalue weighted by molar-refractivity contribution is 6.07. The third kappa shape index (κ3) is 2.51. The van der Waals surface area contributed by atoms with Gasteiger partial charge in [0.2, 0.25) is 11.8 Å². The fourth-order valence-corrected chi connectivity index (χ4v) is 3.34. The monoisotopic (exact) mass is 300 g/mol. The quantitative estimate of drug-likeness (QED) is 0.830. The van der Waals surface area contributed by atoms with Crippen molar-refractivity contribution in [3.63, 3.8) is 0 Å². The molecule has 0 N–H and O–H groups in total.